The van der Waals surface area contributed by atoms with Gasteiger partial charge in [0, 0.05) is 18.4 Å². The molecule has 22 heavy (non-hydrogen) atoms. The zero-order valence-corrected chi connectivity index (χ0v) is 12.9. The summed E-state index contributed by atoms with van der Waals surface area (Å²) in [6.07, 6.45) is 11.7. The Labute approximate surface area is 131 Å². The summed E-state index contributed by atoms with van der Waals surface area (Å²) in [5.41, 5.74) is 2.02. The third kappa shape index (κ3) is 2.63. The lowest BCUT2D eigenvalue weighted by molar-refractivity contribution is 0.180. The summed E-state index contributed by atoms with van der Waals surface area (Å²) in [5.74, 6) is 0.747. The SMILES string of the molecule is c1ccc(-c2nccc([C@@H]3CCCN3C3CCCC3)n2)nc1. The Bertz CT molecular complexity index is 622. The average molecular weight is 294 g/mol. The monoisotopic (exact) mass is 294 g/mol. The van der Waals surface area contributed by atoms with Crippen LogP contribution in [-0.4, -0.2) is 32.4 Å². The Morgan fingerprint density at radius 1 is 0.909 bits per heavy atom. The molecule has 114 valence electrons. The van der Waals surface area contributed by atoms with Crippen molar-refractivity contribution in [3.05, 3.63) is 42.4 Å². The van der Waals surface area contributed by atoms with Crippen molar-refractivity contribution in [3.8, 4) is 11.5 Å². The van der Waals surface area contributed by atoms with Gasteiger partial charge < -0.3 is 0 Å². The fraction of sp³-hybridized carbons (Fsp3) is 0.500. The lowest BCUT2D eigenvalue weighted by Gasteiger charge is -2.30. The van der Waals surface area contributed by atoms with E-state index in [0.717, 1.165) is 17.6 Å². The quantitative estimate of drug-likeness (QED) is 0.867. The molecule has 2 aromatic heterocycles. The van der Waals surface area contributed by atoms with Crippen LogP contribution >= 0.6 is 0 Å². The number of likely N-dealkylation sites (tertiary alicyclic amines) is 1. The molecule has 0 spiro atoms. The van der Waals surface area contributed by atoms with Crippen LogP contribution in [0.3, 0.4) is 0 Å². The molecular weight excluding hydrogens is 272 g/mol. The molecule has 1 atom stereocenters. The van der Waals surface area contributed by atoms with Crippen LogP contribution in [0.1, 0.15) is 50.3 Å². The van der Waals surface area contributed by atoms with Gasteiger partial charge in [-0.1, -0.05) is 18.9 Å². The van der Waals surface area contributed by atoms with E-state index in [1.165, 1.54) is 50.8 Å². The molecule has 2 aliphatic rings. The molecule has 0 aromatic carbocycles. The minimum Gasteiger partial charge on any atom is -0.292 e. The molecule has 0 N–H and O–H groups in total. The normalized spacial score (nSPS) is 23.2. The fourth-order valence-corrected chi connectivity index (χ4v) is 3.96. The molecule has 3 heterocycles. The summed E-state index contributed by atoms with van der Waals surface area (Å²) in [7, 11) is 0. The third-order valence-electron chi connectivity index (χ3n) is 5.00. The first-order chi connectivity index (χ1) is 10.9. The predicted octanol–water partition coefficient (Wildman–Crippen LogP) is 3.62. The first-order valence-electron chi connectivity index (χ1n) is 8.42. The van der Waals surface area contributed by atoms with E-state index in [1.807, 2.05) is 24.4 Å². The molecule has 1 aliphatic carbocycles. The second kappa shape index (κ2) is 6.13. The second-order valence-corrected chi connectivity index (χ2v) is 6.35. The maximum atomic E-state index is 4.83. The Hall–Kier alpha value is -1.81. The van der Waals surface area contributed by atoms with Gasteiger partial charge >= 0.3 is 0 Å². The first kappa shape index (κ1) is 13.8. The number of pyridine rings is 1. The molecule has 4 rings (SSSR count). The molecule has 2 aromatic rings. The number of rotatable bonds is 3. The van der Waals surface area contributed by atoms with Gasteiger partial charge in [-0.05, 0) is 50.4 Å². The van der Waals surface area contributed by atoms with Crippen LogP contribution in [-0.2, 0) is 0 Å². The molecule has 0 unspecified atom stereocenters. The molecule has 0 bridgehead atoms. The molecule has 4 heteroatoms. The van der Waals surface area contributed by atoms with Gasteiger partial charge in [0.25, 0.3) is 0 Å². The molecule has 0 amide bonds. The van der Waals surface area contributed by atoms with Crippen molar-refractivity contribution >= 4 is 0 Å². The standard InChI is InChI=1S/C18H22N4/c1-2-7-14(6-1)22-13-5-9-17(22)15-10-12-20-18(21-15)16-8-3-4-11-19-16/h3-4,8,10-12,14,17H,1-2,5-7,9,13H2/t17-/m0/s1. The van der Waals surface area contributed by atoms with E-state index in [9.17, 15) is 0 Å². The minimum atomic E-state index is 0.466. The van der Waals surface area contributed by atoms with Gasteiger partial charge in [0.15, 0.2) is 5.82 Å². The van der Waals surface area contributed by atoms with E-state index < -0.39 is 0 Å². The molecule has 2 fully saturated rings. The van der Waals surface area contributed by atoms with Crippen molar-refractivity contribution in [3.63, 3.8) is 0 Å². The number of hydrogen-bond donors (Lipinski definition) is 0. The first-order valence-corrected chi connectivity index (χ1v) is 8.42. The van der Waals surface area contributed by atoms with Gasteiger partial charge in [-0.2, -0.15) is 0 Å². The molecule has 1 saturated carbocycles. The largest absolute Gasteiger partial charge is 0.292 e. The van der Waals surface area contributed by atoms with Gasteiger partial charge in [0.1, 0.15) is 5.69 Å². The van der Waals surface area contributed by atoms with Gasteiger partial charge in [-0.25, -0.2) is 9.97 Å². The second-order valence-electron chi connectivity index (χ2n) is 6.35. The fourth-order valence-electron chi connectivity index (χ4n) is 3.96. The third-order valence-corrected chi connectivity index (χ3v) is 5.00. The maximum absolute atomic E-state index is 4.83. The Morgan fingerprint density at radius 2 is 1.82 bits per heavy atom. The topological polar surface area (TPSA) is 41.9 Å². The van der Waals surface area contributed by atoms with Gasteiger partial charge in [-0.3, -0.25) is 9.88 Å². The van der Waals surface area contributed by atoms with Crippen LogP contribution in [0.4, 0.5) is 0 Å². The van der Waals surface area contributed by atoms with E-state index >= 15 is 0 Å². The Kier molecular flexibility index (Phi) is 3.85. The Morgan fingerprint density at radius 3 is 2.64 bits per heavy atom. The maximum Gasteiger partial charge on any atom is 0.178 e. The van der Waals surface area contributed by atoms with E-state index in [-0.39, 0.29) is 0 Å². The van der Waals surface area contributed by atoms with E-state index in [1.54, 1.807) is 6.20 Å². The summed E-state index contributed by atoms with van der Waals surface area (Å²) in [4.78, 5) is 16.3. The van der Waals surface area contributed by atoms with Crippen LogP contribution in [0.15, 0.2) is 36.7 Å². The summed E-state index contributed by atoms with van der Waals surface area (Å²) in [6.45, 7) is 1.22. The van der Waals surface area contributed by atoms with Crippen LogP contribution in [0.25, 0.3) is 11.5 Å². The highest BCUT2D eigenvalue weighted by Crippen LogP contribution is 2.37. The summed E-state index contributed by atoms with van der Waals surface area (Å²) in [5, 5.41) is 0. The van der Waals surface area contributed by atoms with Crippen molar-refractivity contribution in [2.75, 3.05) is 6.54 Å². The highest BCUT2D eigenvalue weighted by molar-refractivity contribution is 5.48. The number of hydrogen-bond acceptors (Lipinski definition) is 4. The van der Waals surface area contributed by atoms with Crippen molar-refractivity contribution in [1.82, 2.24) is 19.9 Å². The minimum absolute atomic E-state index is 0.466. The smallest absolute Gasteiger partial charge is 0.178 e. The lowest BCUT2D eigenvalue weighted by Crippen LogP contribution is -2.33. The van der Waals surface area contributed by atoms with Crippen LogP contribution < -0.4 is 0 Å². The highest BCUT2D eigenvalue weighted by Gasteiger charge is 2.34. The summed E-state index contributed by atoms with van der Waals surface area (Å²) >= 11 is 0. The number of nitrogens with zero attached hydrogens (tertiary/aromatic N) is 4. The molecule has 1 saturated heterocycles. The van der Waals surface area contributed by atoms with Crippen LogP contribution in [0.2, 0.25) is 0 Å². The van der Waals surface area contributed by atoms with E-state index in [2.05, 4.69) is 20.9 Å². The molecule has 0 radical (unpaired) electrons. The zero-order valence-electron chi connectivity index (χ0n) is 12.9. The van der Waals surface area contributed by atoms with Crippen LogP contribution in [0.5, 0.6) is 0 Å². The van der Waals surface area contributed by atoms with Crippen molar-refractivity contribution < 1.29 is 0 Å². The lowest BCUT2D eigenvalue weighted by atomic mass is 10.1. The molecular formula is C18H22N4. The average Bonchev–Trinajstić information content (AvgIpc) is 3.27. The molecule has 1 aliphatic heterocycles. The van der Waals surface area contributed by atoms with Crippen molar-refractivity contribution in [2.24, 2.45) is 0 Å². The Balaban J connectivity index is 1.62. The van der Waals surface area contributed by atoms with E-state index in [0.29, 0.717) is 6.04 Å². The van der Waals surface area contributed by atoms with E-state index in [4.69, 9.17) is 4.98 Å². The molecule has 4 nitrogen and oxygen atoms in total. The van der Waals surface area contributed by atoms with Crippen molar-refractivity contribution in [1.29, 1.82) is 0 Å². The van der Waals surface area contributed by atoms with Gasteiger partial charge in [0.05, 0.1) is 11.7 Å². The van der Waals surface area contributed by atoms with Crippen LogP contribution in [0, 0.1) is 0 Å². The predicted molar refractivity (Wildman–Crippen MR) is 86.2 cm³/mol. The van der Waals surface area contributed by atoms with Gasteiger partial charge in [-0.15, -0.1) is 0 Å². The highest BCUT2D eigenvalue weighted by atomic mass is 15.2. The number of aromatic nitrogens is 3. The zero-order chi connectivity index (χ0) is 14.8. The summed E-state index contributed by atoms with van der Waals surface area (Å²) in [6, 6.07) is 9.20. The van der Waals surface area contributed by atoms with Gasteiger partial charge in [0.2, 0.25) is 0 Å². The summed E-state index contributed by atoms with van der Waals surface area (Å²) < 4.78 is 0. The van der Waals surface area contributed by atoms with Crippen molar-refractivity contribution in [2.45, 2.75) is 50.6 Å².